The van der Waals surface area contributed by atoms with Crippen LogP contribution in [-0.2, 0) is 0 Å². The second-order valence-corrected chi connectivity index (χ2v) is 5.56. The Morgan fingerprint density at radius 3 is 2.52 bits per heavy atom. The maximum atomic E-state index is 6.08. The van der Waals surface area contributed by atoms with Crippen molar-refractivity contribution in [3.63, 3.8) is 0 Å². The van der Waals surface area contributed by atoms with Gasteiger partial charge in [-0.1, -0.05) is 29.3 Å². The van der Waals surface area contributed by atoms with Crippen molar-refractivity contribution in [3.8, 4) is 5.75 Å². The number of thiocarbonyl (C=S) groups is 1. The largest absolute Gasteiger partial charge is 0.495 e. The van der Waals surface area contributed by atoms with Crippen LogP contribution in [0.15, 0.2) is 36.4 Å². The maximum Gasteiger partial charge on any atom is 0.175 e. The van der Waals surface area contributed by atoms with Crippen LogP contribution in [0, 0.1) is 6.92 Å². The SMILES string of the molecule is COc1ccc(NC(=S)Nc2cccc(Cl)c2C)cc1Cl. The summed E-state index contributed by atoms with van der Waals surface area (Å²) in [6.07, 6.45) is 0. The Hall–Kier alpha value is -1.49. The standard InChI is InChI=1S/C15H14Cl2N2OS/c1-9-11(16)4-3-5-13(9)19-15(21)18-10-6-7-14(20-2)12(17)8-10/h3-8H,1-2H3,(H2,18,19,21). The molecule has 0 aliphatic heterocycles. The predicted octanol–water partition coefficient (Wildman–Crippen LogP) is 5.12. The molecule has 0 heterocycles. The number of ether oxygens (including phenoxy) is 1. The fourth-order valence-corrected chi connectivity index (χ4v) is 2.43. The van der Waals surface area contributed by atoms with Gasteiger partial charge in [0, 0.05) is 16.4 Å². The molecule has 110 valence electrons. The molecule has 0 fully saturated rings. The molecule has 0 amide bonds. The number of rotatable bonds is 3. The van der Waals surface area contributed by atoms with Gasteiger partial charge in [0.05, 0.1) is 12.1 Å². The van der Waals surface area contributed by atoms with Gasteiger partial charge in [0.1, 0.15) is 5.75 Å². The normalized spacial score (nSPS) is 10.1. The van der Waals surface area contributed by atoms with Gasteiger partial charge >= 0.3 is 0 Å². The Morgan fingerprint density at radius 1 is 1.10 bits per heavy atom. The molecule has 0 unspecified atom stereocenters. The summed E-state index contributed by atoms with van der Waals surface area (Å²) < 4.78 is 5.11. The molecule has 21 heavy (non-hydrogen) atoms. The molecule has 0 saturated carbocycles. The van der Waals surface area contributed by atoms with Gasteiger partial charge in [-0.05, 0) is 55.0 Å². The van der Waals surface area contributed by atoms with Crippen molar-refractivity contribution in [1.29, 1.82) is 0 Å². The lowest BCUT2D eigenvalue weighted by Crippen LogP contribution is -2.19. The summed E-state index contributed by atoms with van der Waals surface area (Å²) in [5.41, 5.74) is 2.58. The summed E-state index contributed by atoms with van der Waals surface area (Å²) in [6, 6.07) is 11.0. The molecular formula is C15H14Cl2N2OS. The first-order chi connectivity index (χ1) is 10.0. The van der Waals surface area contributed by atoms with Crippen LogP contribution in [0.3, 0.4) is 0 Å². The number of methoxy groups -OCH3 is 1. The maximum absolute atomic E-state index is 6.08. The van der Waals surface area contributed by atoms with Crippen LogP contribution in [-0.4, -0.2) is 12.2 Å². The van der Waals surface area contributed by atoms with Crippen LogP contribution >= 0.6 is 35.4 Å². The Morgan fingerprint density at radius 2 is 1.86 bits per heavy atom. The van der Waals surface area contributed by atoms with E-state index in [1.807, 2.05) is 31.2 Å². The Balaban J connectivity index is 2.08. The first-order valence-corrected chi connectivity index (χ1v) is 7.34. The van der Waals surface area contributed by atoms with Gasteiger partial charge in [0.2, 0.25) is 0 Å². The average Bonchev–Trinajstić information content (AvgIpc) is 2.44. The molecule has 2 aromatic rings. The Kier molecular flexibility index (Phi) is 5.28. The number of halogens is 2. The number of benzene rings is 2. The highest BCUT2D eigenvalue weighted by Gasteiger charge is 2.06. The molecule has 0 atom stereocenters. The summed E-state index contributed by atoms with van der Waals surface area (Å²) in [5, 5.41) is 7.84. The van der Waals surface area contributed by atoms with Gasteiger partial charge in [-0.2, -0.15) is 0 Å². The summed E-state index contributed by atoms with van der Waals surface area (Å²) in [6.45, 7) is 1.93. The first-order valence-electron chi connectivity index (χ1n) is 6.18. The minimum atomic E-state index is 0.460. The van der Waals surface area contributed by atoms with Gasteiger partial charge in [-0.25, -0.2) is 0 Å². The molecule has 0 radical (unpaired) electrons. The van der Waals surface area contributed by atoms with E-state index in [9.17, 15) is 0 Å². The van der Waals surface area contributed by atoms with Crippen molar-refractivity contribution in [2.45, 2.75) is 6.92 Å². The molecule has 0 aromatic heterocycles. The van der Waals surface area contributed by atoms with Crippen LogP contribution in [0.4, 0.5) is 11.4 Å². The van der Waals surface area contributed by atoms with Crippen molar-refractivity contribution in [1.82, 2.24) is 0 Å². The predicted molar refractivity (Wildman–Crippen MR) is 94.0 cm³/mol. The van der Waals surface area contributed by atoms with E-state index in [0.717, 1.165) is 16.9 Å². The molecule has 3 nitrogen and oxygen atoms in total. The molecule has 0 aliphatic rings. The third-order valence-electron chi connectivity index (χ3n) is 2.93. The molecule has 0 aliphatic carbocycles. The molecular weight excluding hydrogens is 327 g/mol. The third kappa shape index (κ3) is 4.00. The molecule has 0 spiro atoms. The molecule has 6 heteroatoms. The van der Waals surface area contributed by atoms with Crippen LogP contribution in [0.1, 0.15) is 5.56 Å². The number of hydrogen-bond acceptors (Lipinski definition) is 2. The number of nitrogens with one attached hydrogen (secondary N) is 2. The Labute approximate surface area is 139 Å². The fraction of sp³-hybridized carbons (Fsp3) is 0.133. The van der Waals surface area contributed by atoms with E-state index in [1.165, 1.54) is 0 Å². The number of hydrogen-bond donors (Lipinski definition) is 2. The van der Waals surface area contributed by atoms with Crippen molar-refractivity contribution in [3.05, 3.63) is 52.0 Å². The Bertz CT molecular complexity index is 677. The lowest BCUT2D eigenvalue weighted by atomic mass is 10.2. The van der Waals surface area contributed by atoms with E-state index in [1.54, 1.807) is 19.2 Å². The van der Waals surface area contributed by atoms with Crippen LogP contribution < -0.4 is 15.4 Å². The van der Waals surface area contributed by atoms with Crippen LogP contribution in [0.5, 0.6) is 5.75 Å². The fourth-order valence-electron chi connectivity index (χ4n) is 1.77. The third-order valence-corrected chi connectivity index (χ3v) is 3.83. The molecule has 0 saturated heterocycles. The zero-order valence-corrected chi connectivity index (χ0v) is 13.9. The first kappa shape index (κ1) is 15.9. The van der Waals surface area contributed by atoms with Crippen molar-refractivity contribution in [2.24, 2.45) is 0 Å². The highest BCUT2D eigenvalue weighted by molar-refractivity contribution is 7.80. The summed E-state index contributed by atoms with van der Waals surface area (Å²) in [5.74, 6) is 0.617. The second-order valence-electron chi connectivity index (χ2n) is 4.34. The van der Waals surface area contributed by atoms with Crippen molar-refractivity contribution in [2.75, 3.05) is 17.7 Å². The van der Waals surface area contributed by atoms with E-state index < -0.39 is 0 Å². The average molecular weight is 341 g/mol. The van der Waals surface area contributed by atoms with E-state index in [0.29, 0.717) is 20.9 Å². The van der Waals surface area contributed by atoms with Crippen molar-refractivity contribution < 1.29 is 4.74 Å². The molecule has 2 N–H and O–H groups in total. The lowest BCUT2D eigenvalue weighted by molar-refractivity contribution is 0.415. The van der Waals surface area contributed by atoms with Gasteiger partial charge in [0.15, 0.2) is 5.11 Å². The van der Waals surface area contributed by atoms with E-state index in [2.05, 4.69) is 10.6 Å². The minimum absolute atomic E-state index is 0.460. The summed E-state index contributed by atoms with van der Waals surface area (Å²) in [7, 11) is 1.57. The van der Waals surface area contributed by atoms with Gasteiger partial charge in [-0.15, -0.1) is 0 Å². The van der Waals surface area contributed by atoms with E-state index in [-0.39, 0.29) is 0 Å². The molecule has 2 rings (SSSR count). The molecule has 2 aromatic carbocycles. The lowest BCUT2D eigenvalue weighted by Gasteiger charge is -2.14. The minimum Gasteiger partial charge on any atom is -0.495 e. The monoisotopic (exact) mass is 340 g/mol. The smallest absolute Gasteiger partial charge is 0.175 e. The van der Waals surface area contributed by atoms with Gasteiger partial charge in [0.25, 0.3) is 0 Å². The van der Waals surface area contributed by atoms with Gasteiger partial charge < -0.3 is 15.4 Å². The highest BCUT2D eigenvalue weighted by Crippen LogP contribution is 2.27. The zero-order valence-electron chi connectivity index (χ0n) is 11.5. The van der Waals surface area contributed by atoms with Crippen LogP contribution in [0.2, 0.25) is 10.0 Å². The molecule has 0 bridgehead atoms. The van der Waals surface area contributed by atoms with Crippen molar-refractivity contribution >= 4 is 51.9 Å². The zero-order chi connectivity index (χ0) is 15.4. The van der Waals surface area contributed by atoms with E-state index in [4.69, 9.17) is 40.2 Å². The second kappa shape index (κ2) is 6.98. The summed E-state index contributed by atoms with van der Waals surface area (Å²) in [4.78, 5) is 0. The van der Waals surface area contributed by atoms with E-state index >= 15 is 0 Å². The van der Waals surface area contributed by atoms with Gasteiger partial charge in [-0.3, -0.25) is 0 Å². The highest BCUT2D eigenvalue weighted by atomic mass is 35.5. The summed E-state index contributed by atoms with van der Waals surface area (Å²) >= 11 is 17.4. The quantitative estimate of drug-likeness (QED) is 0.759. The number of anilines is 2. The topological polar surface area (TPSA) is 33.3 Å². The van der Waals surface area contributed by atoms with Crippen LogP contribution in [0.25, 0.3) is 0 Å².